The van der Waals surface area contributed by atoms with Crippen LogP contribution in [0.3, 0.4) is 0 Å². The van der Waals surface area contributed by atoms with Crippen molar-refractivity contribution in [3.63, 3.8) is 0 Å². The van der Waals surface area contributed by atoms with Gasteiger partial charge >= 0.3 is 0 Å². The molecule has 0 N–H and O–H groups in total. The molecule has 0 atom stereocenters. The van der Waals surface area contributed by atoms with Gasteiger partial charge in [-0.3, -0.25) is 0 Å². The molecule has 0 saturated heterocycles. The SMILES string of the molecule is c1ccc([Si](c2ccccc2)(c2ccccc2)c2ccc(-c3ccc(N(c4ccc(-c5ccc6c(c5)oc5ccccc56)cc4)c4ccc5sc6ccccc6c5c4)cc3)cc2)cc1. The summed E-state index contributed by atoms with van der Waals surface area (Å²) in [5, 5.41) is 10.3. The Morgan fingerprint density at radius 1 is 0.297 bits per heavy atom. The molecule has 12 rings (SSSR count). The van der Waals surface area contributed by atoms with Gasteiger partial charge in [0.2, 0.25) is 0 Å². The van der Waals surface area contributed by atoms with Crippen molar-refractivity contribution < 1.29 is 4.42 Å². The number of hydrogen-bond acceptors (Lipinski definition) is 3. The monoisotopic (exact) mass is 851 g/mol. The number of benzene rings is 10. The van der Waals surface area contributed by atoms with E-state index in [1.54, 1.807) is 0 Å². The molecule has 2 nitrogen and oxygen atoms in total. The molecule has 0 aliphatic carbocycles. The fourth-order valence-corrected chi connectivity index (χ4v) is 15.6. The van der Waals surface area contributed by atoms with E-state index in [-0.39, 0.29) is 0 Å². The molecule has 0 fully saturated rings. The average Bonchev–Trinajstić information content (AvgIpc) is 3.94. The number of para-hydroxylation sites is 1. The molecule has 302 valence electrons. The molecule has 0 radical (unpaired) electrons. The van der Waals surface area contributed by atoms with Crippen LogP contribution in [0.15, 0.2) is 253 Å². The lowest BCUT2D eigenvalue weighted by Crippen LogP contribution is -2.74. The summed E-state index contributed by atoms with van der Waals surface area (Å²) in [6.45, 7) is 0. The molecule has 0 spiro atoms. The van der Waals surface area contributed by atoms with Gasteiger partial charge in [0.25, 0.3) is 0 Å². The van der Waals surface area contributed by atoms with Crippen LogP contribution in [0.5, 0.6) is 0 Å². The van der Waals surface area contributed by atoms with Gasteiger partial charge in [-0.25, -0.2) is 0 Å². The van der Waals surface area contributed by atoms with Crippen LogP contribution >= 0.6 is 11.3 Å². The van der Waals surface area contributed by atoms with Crippen molar-refractivity contribution >= 4 is 99.3 Å². The molecule has 12 aromatic rings. The molecule has 4 heteroatoms. The quantitative estimate of drug-likeness (QED) is 0.106. The fraction of sp³-hybridized carbons (Fsp3) is 0. The largest absolute Gasteiger partial charge is 0.456 e. The normalized spacial score (nSPS) is 11.8. The predicted octanol–water partition coefficient (Wildman–Crippen LogP) is 14.1. The van der Waals surface area contributed by atoms with Crippen molar-refractivity contribution in [3.05, 3.63) is 249 Å². The molecule has 0 amide bonds. The van der Waals surface area contributed by atoms with E-state index >= 15 is 0 Å². The maximum absolute atomic E-state index is 6.26. The summed E-state index contributed by atoms with van der Waals surface area (Å²) in [6.07, 6.45) is 0. The zero-order valence-electron chi connectivity index (χ0n) is 34.9. The van der Waals surface area contributed by atoms with Gasteiger partial charge < -0.3 is 9.32 Å². The van der Waals surface area contributed by atoms with E-state index in [1.165, 1.54) is 52.0 Å². The Kier molecular flexibility index (Phi) is 9.40. The summed E-state index contributed by atoms with van der Waals surface area (Å²) in [6, 6.07) is 91.1. The van der Waals surface area contributed by atoms with Gasteiger partial charge in [-0.15, -0.1) is 11.3 Å². The Bertz CT molecular complexity index is 3480. The highest BCUT2D eigenvalue weighted by Gasteiger charge is 2.41. The zero-order chi connectivity index (χ0) is 42.5. The summed E-state index contributed by atoms with van der Waals surface area (Å²) in [5.74, 6) is 0. The minimum atomic E-state index is -2.61. The van der Waals surface area contributed by atoms with E-state index in [4.69, 9.17) is 4.42 Å². The third-order valence-electron chi connectivity index (χ3n) is 12.9. The molecule has 0 aliphatic rings. The van der Waals surface area contributed by atoms with Gasteiger partial charge in [0.15, 0.2) is 8.07 Å². The molecule has 0 aliphatic heterocycles. The summed E-state index contributed by atoms with van der Waals surface area (Å²) in [5.41, 5.74) is 9.76. The lowest BCUT2D eigenvalue weighted by molar-refractivity contribution is 0.669. The van der Waals surface area contributed by atoms with Crippen molar-refractivity contribution in [2.24, 2.45) is 0 Å². The van der Waals surface area contributed by atoms with E-state index in [0.717, 1.165) is 50.1 Å². The Balaban J connectivity index is 0.925. The molecule has 0 saturated carbocycles. The fourth-order valence-electron chi connectivity index (χ4n) is 9.79. The van der Waals surface area contributed by atoms with Crippen LogP contribution in [0.4, 0.5) is 17.1 Å². The molecular formula is C60H41NOSSi. The Labute approximate surface area is 377 Å². The third kappa shape index (κ3) is 6.46. The van der Waals surface area contributed by atoms with E-state index in [0.29, 0.717) is 0 Å². The summed E-state index contributed by atoms with van der Waals surface area (Å²) < 4.78 is 8.86. The van der Waals surface area contributed by atoms with Crippen molar-refractivity contribution in [1.82, 2.24) is 0 Å². The summed E-state index contributed by atoms with van der Waals surface area (Å²) in [4.78, 5) is 2.38. The van der Waals surface area contributed by atoms with Gasteiger partial charge in [0.05, 0.1) is 0 Å². The van der Waals surface area contributed by atoms with Gasteiger partial charge in [-0.05, 0) is 110 Å². The molecule has 2 aromatic heterocycles. The Morgan fingerprint density at radius 2 is 0.734 bits per heavy atom. The first-order valence-electron chi connectivity index (χ1n) is 21.8. The van der Waals surface area contributed by atoms with Crippen LogP contribution in [0.25, 0.3) is 64.4 Å². The van der Waals surface area contributed by atoms with Crippen LogP contribution < -0.4 is 25.6 Å². The average molecular weight is 852 g/mol. The second-order valence-electron chi connectivity index (χ2n) is 16.4. The zero-order valence-corrected chi connectivity index (χ0v) is 36.8. The van der Waals surface area contributed by atoms with Crippen LogP contribution in [0.2, 0.25) is 0 Å². The number of nitrogens with zero attached hydrogens (tertiary/aromatic N) is 1. The predicted molar refractivity (Wildman–Crippen MR) is 276 cm³/mol. The molecule has 10 aromatic carbocycles. The summed E-state index contributed by atoms with van der Waals surface area (Å²) in [7, 11) is -2.61. The molecule has 0 bridgehead atoms. The van der Waals surface area contributed by atoms with Gasteiger partial charge in [-0.1, -0.05) is 182 Å². The van der Waals surface area contributed by atoms with Crippen LogP contribution in [-0.2, 0) is 0 Å². The number of fused-ring (bicyclic) bond motifs is 6. The minimum Gasteiger partial charge on any atom is -0.456 e. The maximum Gasteiger partial charge on any atom is 0.179 e. The number of furan rings is 1. The van der Waals surface area contributed by atoms with Gasteiger partial charge in [0.1, 0.15) is 11.2 Å². The van der Waals surface area contributed by atoms with Crippen LogP contribution in [-0.4, -0.2) is 8.07 Å². The van der Waals surface area contributed by atoms with E-state index in [1.807, 2.05) is 23.5 Å². The third-order valence-corrected chi connectivity index (χ3v) is 18.8. The summed E-state index contributed by atoms with van der Waals surface area (Å²) >= 11 is 1.85. The molecule has 0 unspecified atom stereocenters. The Hall–Kier alpha value is -7.76. The first kappa shape index (κ1) is 38.0. The van der Waals surface area contributed by atoms with Gasteiger partial charge in [0, 0.05) is 48.0 Å². The highest BCUT2D eigenvalue weighted by molar-refractivity contribution is 7.25. The van der Waals surface area contributed by atoms with E-state index in [2.05, 4.69) is 241 Å². The molecular weight excluding hydrogens is 811 g/mol. The van der Waals surface area contributed by atoms with E-state index in [9.17, 15) is 0 Å². The lowest BCUT2D eigenvalue weighted by atomic mass is 10.0. The molecule has 64 heavy (non-hydrogen) atoms. The smallest absolute Gasteiger partial charge is 0.179 e. The highest BCUT2D eigenvalue weighted by Crippen LogP contribution is 2.42. The van der Waals surface area contributed by atoms with Crippen LogP contribution in [0.1, 0.15) is 0 Å². The second kappa shape index (κ2) is 15.9. The molecule has 2 heterocycles. The number of hydrogen-bond donors (Lipinski definition) is 0. The number of anilines is 3. The first-order chi connectivity index (χ1) is 31.7. The topological polar surface area (TPSA) is 16.4 Å². The lowest BCUT2D eigenvalue weighted by Gasteiger charge is -2.34. The van der Waals surface area contributed by atoms with Crippen molar-refractivity contribution in [2.75, 3.05) is 4.90 Å². The van der Waals surface area contributed by atoms with Crippen molar-refractivity contribution in [1.29, 1.82) is 0 Å². The maximum atomic E-state index is 6.26. The van der Waals surface area contributed by atoms with Gasteiger partial charge in [-0.2, -0.15) is 0 Å². The minimum absolute atomic E-state index is 0.903. The van der Waals surface area contributed by atoms with E-state index < -0.39 is 8.07 Å². The number of thiophene rings is 1. The number of rotatable bonds is 9. The van der Waals surface area contributed by atoms with Crippen molar-refractivity contribution in [2.45, 2.75) is 0 Å². The Morgan fingerprint density at radius 3 is 1.34 bits per heavy atom. The second-order valence-corrected chi connectivity index (χ2v) is 21.3. The highest BCUT2D eigenvalue weighted by atomic mass is 32.1. The van der Waals surface area contributed by atoms with Crippen LogP contribution in [0, 0.1) is 0 Å². The van der Waals surface area contributed by atoms with Crippen molar-refractivity contribution in [3.8, 4) is 22.3 Å². The standard InChI is InChI=1S/C60H41NOSSi/c1-4-14-49(15-5-1)64(50-16-6-2-7-17-50,51-18-8-3-9-19-51)52-36-28-43(29-37-52)42-24-31-46(32-25-42)61(48-35-39-60-56(41-48)55-21-11-13-23-59(55)63-60)47-33-26-44(27-34-47)45-30-38-54-53-20-10-12-22-57(53)62-58(54)40-45/h1-41H. The first-order valence-corrected chi connectivity index (χ1v) is 24.6.